The van der Waals surface area contributed by atoms with E-state index in [2.05, 4.69) is 0 Å². The molecule has 0 aromatic heterocycles. The molecule has 2 N–H and O–H groups in total. The summed E-state index contributed by atoms with van der Waals surface area (Å²) in [5.41, 5.74) is 6.04. The van der Waals surface area contributed by atoms with Gasteiger partial charge in [0, 0.05) is 18.2 Å². The Morgan fingerprint density at radius 1 is 1.38 bits per heavy atom. The Balaban J connectivity index is 2.39. The average molecular weight is 347 g/mol. The summed E-state index contributed by atoms with van der Waals surface area (Å²) >= 11 is 11.0. The summed E-state index contributed by atoms with van der Waals surface area (Å²) in [5, 5.41) is 0.269. The van der Waals surface area contributed by atoms with Crippen molar-refractivity contribution in [3.63, 3.8) is 0 Å². The summed E-state index contributed by atoms with van der Waals surface area (Å²) in [4.78, 5) is 0.355. The smallest absolute Gasteiger partial charge is 0.243 e. The summed E-state index contributed by atoms with van der Waals surface area (Å²) in [6.07, 6.45) is 3.91. The van der Waals surface area contributed by atoms with E-state index in [-0.39, 0.29) is 20.9 Å². The van der Waals surface area contributed by atoms with E-state index in [1.807, 2.05) is 6.92 Å². The lowest BCUT2D eigenvalue weighted by molar-refractivity contribution is 0.342. The van der Waals surface area contributed by atoms with Gasteiger partial charge in [0.15, 0.2) is 0 Å². The van der Waals surface area contributed by atoms with E-state index in [1.54, 1.807) is 10.4 Å². The van der Waals surface area contributed by atoms with Crippen LogP contribution in [-0.2, 0) is 10.0 Å². The van der Waals surface area contributed by atoms with Gasteiger partial charge >= 0.3 is 0 Å². The quantitative estimate of drug-likeness (QED) is 0.855. The van der Waals surface area contributed by atoms with Gasteiger partial charge in [-0.25, -0.2) is 8.42 Å². The van der Waals surface area contributed by atoms with E-state index in [4.69, 9.17) is 29.6 Å². The molecule has 0 spiro atoms. The van der Waals surface area contributed by atoms with Crippen LogP contribution in [0.5, 0.6) is 0 Å². The zero-order valence-corrected chi connectivity index (χ0v) is 14.3. The van der Waals surface area contributed by atoms with Gasteiger partial charge in [-0.3, -0.25) is 0 Å². The largest absolute Gasteiger partial charge is 0.389 e. The van der Waals surface area contributed by atoms with E-state index < -0.39 is 10.0 Å². The normalized spacial score (nSPS) is 21.0. The van der Waals surface area contributed by atoms with Crippen LogP contribution >= 0.6 is 23.8 Å². The maximum atomic E-state index is 12.8. The molecule has 1 fully saturated rings. The van der Waals surface area contributed by atoms with Gasteiger partial charge in [0.05, 0.1) is 9.92 Å². The Bertz CT molecular complexity index is 646. The molecular weight excluding hydrogens is 328 g/mol. The molecular formula is C14H19ClN2O2S2. The fraction of sp³-hybridized carbons (Fsp3) is 0.500. The van der Waals surface area contributed by atoms with Crippen LogP contribution in [0.25, 0.3) is 0 Å². The van der Waals surface area contributed by atoms with Crippen LogP contribution in [0.2, 0.25) is 5.02 Å². The van der Waals surface area contributed by atoms with Gasteiger partial charge in [-0.05, 0) is 38.0 Å². The number of benzene rings is 1. The standard InChI is InChI=1S/C14H19ClN2O2S2/c1-10-5-3-2-4-8-17(10)21(18,19)11-6-7-12(14(16)20)13(15)9-11/h6-7,9-10H,2-5,8H2,1H3,(H2,16,20). The number of sulfonamides is 1. The predicted molar refractivity (Wildman–Crippen MR) is 89.2 cm³/mol. The van der Waals surface area contributed by atoms with Gasteiger partial charge < -0.3 is 5.73 Å². The first-order chi connectivity index (χ1) is 9.84. The average Bonchev–Trinajstić information content (AvgIpc) is 2.63. The third kappa shape index (κ3) is 3.56. The van der Waals surface area contributed by atoms with Gasteiger partial charge in [0.25, 0.3) is 0 Å². The Morgan fingerprint density at radius 3 is 2.71 bits per heavy atom. The van der Waals surface area contributed by atoms with Crippen molar-refractivity contribution in [2.75, 3.05) is 6.54 Å². The molecule has 1 aliphatic rings. The van der Waals surface area contributed by atoms with E-state index >= 15 is 0 Å². The van der Waals surface area contributed by atoms with Crippen molar-refractivity contribution in [1.29, 1.82) is 0 Å². The number of hydrogen-bond donors (Lipinski definition) is 1. The molecule has 1 heterocycles. The molecule has 1 unspecified atom stereocenters. The first-order valence-corrected chi connectivity index (χ1v) is 9.18. The van der Waals surface area contributed by atoms with Crippen molar-refractivity contribution in [2.45, 2.75) is 43.5 Å². The summed E-state index contributed by atoms with van der Waals surface area (Å²) in [6.45, 7) is 2.51. The highest BCUT2D eigenvalue weighted by Crippen LogP contribution is 2.27. The number of nitrogens with two attached hydrogens (primary N) is 1. The van der Waals surface area contributed by atoms with Crippen LogP contribution in [0.15, 0.2) is 23.1 Å². The van der Waals surface area contributed by atoms with Crippen molar-refractivity contribution in [3.05, 3.63) is 28.8 Å². The third-order valence-electron chi connectivity index (χ3n) is 3.80. The minimum Gasteiger partial charge on any atom is -0.389 e. The van der Waals surface area contributed by atoms with Crippen molar-refractivity contribution in [1.82, 2.24) is 4.31 Å². The SMILES string of the molecule is CC1CCCCCN1S(=O)(=O)c1ccc(C(N)=S)c(Cl)c1. The number of rotatable bonds is 3. The van der Waals surface area contributed by atoms with Crippen molar-refractivity contribution >= 4 is 38.8 Å². The topological polar surface area (TPSA) is 63.4 Å². The lowest BCUT2D eigenvalue weighted by Crippen LogP contribution is -2.38. The molecule has 4 nitrogen and oxygen atoms in total. The Labute approximate surface area is 136 Å². The van der Waals surface area contributed by atoms with Crippen molar-refractivity contribution in [2.24, 2.45) is 5.73 Å². The van der Waals surface area contributed by atoms with E-state index in [9.17, 15) is 8.42 Å². The first-order valence-electron chi connectivity index (χ1n) is 6.95. The van der Waals surface area contributed by atoms with Crippen molar-refractivity contribution < 1.29 is 8.42 Å². The highest BCUT2D eigenvalue weighted by atomic mass is 35.5. The minimum atomic E-state index is -3.53. The molecule has 116 valence electrons. The lowest BCUT2D eigenvalue weighted by atomic mass is 10.1. The van der Waals surface area contributed by atoms with Gasteiger partial charge in [0.1, 0.15) is 4.99 Å². The number of halogens is 1. The lowest BCUT2D eigenvalue weighted by Gasteiger charge is -2.26. The number of nitrogens with zero attached hydrogens (tertiary/aromatic N) is 1. The second kappa shape index (κ2) is 6.60. The van der Waals surface area contributed by atoms with Crippen LogP contribution < -0.4 is 5.73 Å². The number of thiocarbonyl (C=S) groups is 1. The van der Waals surface area contributed by atoms with Crippen molar-refractivity contribution in [3.8, 4) is 0 Å². The fourth-order valence-corrected chi connectivity index (χ4v) is 4.90. The predicted octanol–water partition coefficient (Wildman–Crippen LogP) is 2.93. The molecule has 0 radical (unpaired) electrons. The zero-order valence-electron chi connectivity index (χ0n) is 11.9. The summed E-state index contributed by atoms with van der Waals surface area (Å²) < 4.78 is 27.1. The van der Waals surface area contributed by atoms with Crippen LogP contribution in [0.3, 0.4) is 0 Å². The second-order valence-electron chi connectivity index (χ2n) is 5.32. The molecule has 1 aliphatic heterocycles. The molecule has 2 rings (SSSR count). The molecule has 7 heteroatoms. The van der Waals surface area contributed by atoms with Crippen LogP contribution in [0.1, 0.15) is 38.2 Å². The highest BCUT2D eigenvalue weighted by Gasteiger charge is 2.30. The van der Waals surface area contributed by atoms with E-state index in [0.717, 1.165) is 25.7 Å². The van der Waals surface area contributed by atoms with Gasteiger partial charge in [-0.1, -0.05) is 36.7 Å². The molecule has 0 bridgehead atoms. The first kappa shape index (κ1) is 16.7. The molecule has 21 heavy (non-hydrogen) atoms. The molecule has 0 saturated carbocycles. The number of hydrogen-bond acceptors (Lipinski definition) is 3. The molecule has 1 saturated heterocycles. The molecule has 0 amide bonds. The maximum absolute atomic E-state index is 12.8. The Hall–Kier alpha value is -0.690. The zero-order chi connectivity index (χ0) is 15.6. The van der Waals surface area contributed by atoms with Crippen LogP contribution in [0.4, 0.5) is 0 Å². The third-order valence-corrected chi connectivity index (χ3v) is 6.35. The van der Waals surface area contributed by atoms with Gasteiger partial charge in [-0.15, -0.1) is 0 Å². The molecule has 1 aromatic rings. The minimum absolute atomic E-state index is 0.00605. The van der Waals surface area contributed by atoms with Crippen LogP contribution in [0, 0.1) is 0 Å². The van der Waals surface area contributed by atoms with E-state index in [0.29, 0.717) is 12.1 Å². The highest BCUT2D eigenvalue weighted by molar-refractivity contribution is 7.89. The monoisotopic (exact) mass is 346 g/mol. The molecule has 0 aliphatic carbocycles. The summed E-state index contributed by atoms with van der Waals surface area (Å²) in [7, 11) is -3.53. The fourth-order valence-electron chi connectivity index (χ4n) is 2.60. The summed E-state index contributed by atoms with van der Waals surface area (Å²) in [5.74, 6) is 0. The van der Waals surface area contributed by atoms with Gasteiger partial charge in [0.2, 0.25) is 10.0 Å². The summed E-state index contributed by atoms with van der Waals surface area (Å²) in [6, 6.07) is 4.53. The molecule has 1 atom stereocenters. The van der Waals surface area contributed by atoms with Gasteiger partial charge in [-0.2, -0.15) is 4.31 Å². The second-order valence-corrected chi connectivity index (χ2v) is 8.06. The van der Waals surface area contributed by atoms with Crippen LogP contribution in [-0.4, -0.2) is 30.3 Å². The Morgan fingerprint density at radius 2 is 2.10 bits per heavy atom. The maximum Gasteiger partial charge on any atom is 0.243 e. The van der Waals surface area contributed by atoms with E-state index in [1.165, 1.54) is 12.1 Å². The molecule has 1 aromatic carbocycles. The Kier molecular flexibility index (Phi) is 5.24.